The molecule has 0 saturated heterocycles. The van der Waals surface area contributed by atoms with E-state index < -0.39 is 23.9 Å². The van der Waals surface area contributed by atoms with E-state index in [1.54, 1.807) is 6.92 Å². The van der Waals surface area contributed by atoms with Gasteiger partial charge in [-0.1, -0.05) is 6.92 Å². The second-order valence-electron chi connectivity index (χ2n) is 3.21. The molecule has 0 radical (unpaired) electrons. The van der Waals surface area contributed by atoms with E-state index in [0.717, 1.165) is 0 Å². The largest absolute Gasteiger partial charge is 0.391 e. The maximum Gasteiger partial charge on any atom is 0.118 e. The molecule has 0 aliphatic carbocycles. The summed E-state index contributed by atoms with van der Waals surface area (Å²) in [5.41, 5.74) is -1.62. The number of aliphatic hydroxyl groups is 4. The average molecular weight is 178 g/mol. The molecule has 0 rings (SSSR count). The highest BCUT2D eigenvalue weighted by Crippen LogP contribution is 2.22. The third kappa shape index (κ3) is 2.17. The molecule has 0 heterocycles. The van der Waals surface area contributed by atoms with Gasteiger partial charge in [-0.25, -0.2) is 0 Å². The normalized spacial score (nSPS) is 24.2. The van der Waals surface area contributed by atoms with Crippen LogP contribution in [-0.2, 0) is 0 Å². The van der Waals surface area contributed by atoms with Gasteiger partial charge in [-0.3, -0.25) is 0 Å². The molecule has 0 spiro atoms. The maximum absolute atomic E-state index is 9.68. The molecule has 0 aromatic heterocycles. The minimum absolute atomic E-state index is 0.191. The van der Waals surface area contributed by atoms with Crippen molar-refractivity contribution in [2.24, 2.45) is 0 Å². The summed E-state index contributed by atoms with van der Waals surface area (Å²) >= 11 is 0. The van der Waals surface area contributed by atoms with E-state index in [1.807, 2.05) is 0 Å². The quantitative estimate of drug-likeness (QED) is 0.456. The molecule has 4 atom stereocenters. The van der Waals surface area contributed by atoms with Crippen molar-refractivity contribution in [1.82, 2.24) is 0 Å². The lowest BCUT2D eigenvalue weighted by Gasteiger charge is -2.36. The molecule has 12 heavy (non-hydrogen) atoms. The predicted octanol–water partition coefficient (Wildman–Crippen LogP) is -0.750. The summed E-state index contributed by atoms with van der Waals surface area (Å²) in [6.45, 7) is 4.39. The maximum atomic E-state index is 9.68. The Hall–Kier alpha value is -0.160. The van der Waals surface area contributed by atoms with E-state index in [1.165, 1.54) is 13.8 Å². The lowest BCUT2D eigenvalue weighted by atomic mass is 9.86. The van der Waals surface area contributed by atoms with Crippen LogP contribution in [0.4, 0.5) is 0 Å². The Morgan fingerprint density at radius 1 is 1.17 bits per heavy atom. The van der Waals surface area contributed by atoms with Crippen molar-refractivity contribution in [2.75, 3.05) is 0 Å². The first kappa shape index (κ1) is 11.8. The standard InChI is InChI=1S/C8H18O4/c1-4-8(12,6(3)10)7(11)5(2)9/h5-7,9-12H,4H2,1-3H3/t5-,6+,7+,8-/m0/s1. The predicted molar refractivity (Wildman–Crippen MR) is 44.6 cm³/mol. The van der Waals surface area contributed by atoms with Crippen LogP contribution in [0.25, 0.3) is 0 Å². The fourth-order valence-electron chi connectivity index (χ4n) is 1.17. The van der Waals surface area contributed by atoms with Gasteiger partial charge in [-0.15, -0.1) is 0 Å². The summed E-state index contributed by atoms with van der Waals surface area (Å²) in [5, 5.41) is 37.2. The number of aliphatic hydroxyl groups excluding tert-OH is 3. The Labute approximate surface area is 72.5 Å². The molecule has 0 aliphatic heterocycles. The number of hydrogen-bond acceptors (Lipinski definition) is 4. The molecular formula is C8H18O4. The van der Waals surface area contributed by atoms with E-state index in [-0.39, 0.29) is 6.42 Å². The van der Waals surface area contributed by atoms with Gasteiger partial charge in [0.15, 0.2) is 0 Å². The van der Waals surface area contributed by atoms with Gasteiger partial charge in [0.05, 0.1) is 12.2 Å². The van der Waals surface area contributed by atoms with Crippen LogP contribution >= 0.6 is 0 Å². The zero-order valence-electron chi connectivity index (χ0n) is 7.73. The molecule has 0 aliphatic rings. The van der Waals surface area contributed by atoms with Crippen molar-refractivity contribution in [3.63, 3.8) is 0 Å². The van der Waals surface area contributed by atoms with Gasteiger partial charge >= 0.3 is 0 Å². The lowest BCUT2D eigenvalue weighted by molar-refractivity contribution is -0.170. The number of rotatable bonds is 4. The molecule has 0 amide bonds. The van der Waals surface area contributed by atoms with Crippen molar-refractivity contribution < 1.29 is 20.4 Å². The van der Waals surface area contributed by atoms with Gasteiger partial charge in [0, 0.05) is 0 Å². The van der Waals surface area contributed by atoms with Gasteiger partial charge in [0.25, 0.3) is 0 Å². The first-order chi connectivity index (χ1) is 5.36. The minimum Gasteiger partial charge on any atom is -0.391 e. The molecule has 0 fully saturated rings. The van der Waals surface area contributed by atoms with Crippen LogP contribution in [0.5, 0.6) is 0 Å². The van der Waals surface area contributed by atoms with Crippen molar-refractivity contribution in [1.29, 1.82) is 0 Å². The van der Waals surface area contributed by atoms with Gasteiger partial charge in [-0.2, -0.15) is 0 Å². The highest BCUT2D eigenvalue weighted by atomic mass is 16.4. The highest BCUT2D eigenvalue weighted by Gasteiger charge is 2.40. The van der Waals surface area contributed by atoms with E-state index in [9.17, 15) is 10.2 Å². The second-order valence-corrected chi connectivity index (χ2v) is 3.21. The molecule has 4 N–H and O–H groups in total. The van der Waals surface area contributed by atoms with Crippen LogP contribution in [0.3, 0.4) is 0 Å². The van der Waals surface area contributed by atoms with Crippen LogP contribution < -0.4 is 0 Å². The topological polar surface area (TPSA) is 80.9 Å². The molecule has 0 aromatic rings. The summed E-state index contributed by atoms with van der Waals surface area (Å²) in [7, 11) is 0. The van der Waals surface area contributed by atoms with Gasteiger partial charge in [0.1, 0.15) is 11.7 Å². The van der Waals surface area contributed by atoms with E-state index in [4.69, 9.17) is 10.2 Å². The van der Waals surface area contributed by atoms with Crippen LogP contribution in [-0.4, -0.2) is 44.3 Å². The number of hydrogen-bond donors (Lipinski definition) is 4. The molecule has 0 saturated carbocycles. The SMILES string of the molecule is CC[C@@](O)([C@H](O)[C@H](C)O)[C@@H](C)O. The van der Waals surface area contributed by atoms with Gasteiger partial charge in [-0.05, 0) is 20.3 Å². The fourth-order valence-corrected chi connectivity index (χ4v) is 1.17. The third-order valence-electron chi connectivity index (χ3n) is 2.26. The van der Waals surface area contributed by atoms with E-state index in [2.05, 4.69) is 0 Å². The molecule has 74 valence electrons. The molecule has 4 heteroatoms. The Balaban J connectivity index is 4.51. The third-order valence-corrected chi connectivity index (χ3v) is 2.26. The van der Waals surface area contributed by atoms with E-state index >= 15 is 0 Å². The summed E-state index contributed by atoms with van der Waals surface area (Å²) in [6, 6.07) is 0. The average Bonchev–Trinajstić information content (AvgIpc) is 2.01. The van der Waals surface area contributed by atoms with Gasteiger partial charge < -0.3 is 20.4 Å². The molecule has 4 nitrogen and oxygen atoms in total. The van der Waals surface area contributed by atoms with Crippen molar-refractivity contribution in [3.8, 4) is 0 Å². The van der Waals surface area contributed by atoms with E-state index in [0.29, 0.717) is 0 Å². The highest BCUT2D eigenvalue weighted by molar-refractivity contribution is 4.92. The molecule has 0 aromatic carbocycles. The van der Waals surface area contributed by atoms with Crippen molar-refractivity contribution in [2.45, 2.75) is 51.1 Å². The van der Waals surface area contributed by atoms with Crippen LogP contribution in [0.1, 0.15) is 27.2 Å². The summed E-state index contributed by atoms with van der Waals surface area (Å²) < 4.78 is 0. The molecule has 0 unspecified atom stereocenters. The summed E-state index contributed by atoms with van der Waals surface area (Å²) in [4.78, 5) is 0. The summed E-state index contributed by atoms with van der Waals surface area (Å²) in [6.07, 6.45) is -3.24. The van der Waals surface area contributed by atoms with Crippen LogP contribution in [0.15, 0.2) is 0 Å². The Morgan fingerprint density at radius 2 is 1.58 bits per heavy atom. The zero-order chi connectivity index (χ0) is 9.94. The van der Waals surface area contributed by atoms with Gasteiger partial charge in [0.2, 0.25) is 0 Å². The zero-order valence-corrected chi connectivity index (χ0v) is 7.73. The first-order valence-electron chi connectivity index (χ1n) is 4.12. The van der Waals surface area contributed by atoms with Crippen LogP contribution in [0.2, 0.25) is 0 Å². The summed E-state index contributed by atoms with van der Waals surface area (Å²) in [5.74, 6) is 0. The monoisotopic (exact) mass is 178 g/mol. The smallest absolute Gasteiger partial charge is 0.118 e. The second kappa shape index (κ2) is 4.18. The van der Waals surface area contributed by atoms with Crippen molar-refractivity contribution >= 4 is 0 Å². The Kier molecular flexibility index (Phi) is 4.13. The fraction of sp³-hybridized carbons (Fsp3) is 1.00. The van der Waals surface area contributed by atoms with Crippen molar-refractivity contribution in [3.05, 3.63) is 0 Å². The molecular weight excluding hydrogens is 160 g/mol. The molecule has 0 bridgehead atoms. The minimum atomic E-state index is -1.62. The lowest BCUT2D eigenvalue weighted by Crippen LogP contribution is -2.54. The Bertz CT molecular complexity index is 135. The first-order valence-corrected chi connectivity index (χ1v) is 4.12. The Morgan fingerprint density at radius 3 is 1.67 bits per heavy atom. The van der Waals surface area contributed by atoms with Crippen LogP contribution in [0, 0.1) is 0 Å².